The van der Waals surface area contributed by atoms with Gasteiger partial charge in [-0.05, 0) is 36.8 Å². The molecule has 0 N–H and O–H groups in total. The van der Waals surface area contributed by atoms with Crippen LogP contribution in [0.1, 0.15) is 15.2 Å². The number of thiophene rings is 1. The monoisotopic (exact) mass is 449 g/mol. The van der Waals surface area contributed by atoms with Crippen LogP contribution in [0.5, 0.6) is 0 Å². The van der Waals surface area contributed by atoms with E-state index in [9.17, 15) is 19.7 Å². The molecule has 4 heterocycles. The van der Waals surface area contributed by atoms with Crippen LogP contribution in [0.4, 0.5) is 11.4 Å². The fraction of sp³-hybridized carbons (Fsp3) is 0.227. The van der Waals surface area contributed by atoms with Gasteiger partial charge in [0.05, 0.1) is 15.2 Å². The van der Waals surface area contributed by atoms with Gasteiger partial charge in [-0.15, -0.1) is 11.3 Å². The molecule has 4 aromatic rings. The molecule has 1 aromatic carbocycles. The first-order valence-corrected chi connectivity index (χ1v) is 10.9. The second-order valence-corrected chi connectivity index (χ2v) is 8.71. The quantitative estimate of drug-likeness (QED) is 0.352. The molecule has 1 aliphatic rings. The summed E-state index contributed by atoms with van der Waals surface area (Å²) >= 11 is 1.25. The number of aromatic nitrogens is 2. The predicted molar refractivity (Wildman–Crippen MR) is 123 cm³/mol. The van der Waals surface area contributed by atoms with Crippen LogP contribution in [0.15, 0.2) is 53.5 Å². The van der Waals surface area contributed by atoms with Gasteiger partial charge in [0.15, 0.2) is 0 Å². The number of rotatable bonds is 3. The predicted octanol–water partition coefficient (Wildman–Crippen LogP) is 3.09. The van der Waals surface area contributed by atoms with Gasteiger partial charge in [0.25, 0.3) is 17.2 Å². The lowest BCUT2D eigenvalue weighted by Crippen LogP contribution is -2.48. The minimum atomic E-state index is -0.420. The molecule has 9 nitrogen and oxygen atoms in total. The number of pyridine rings is 1. The fourth-order valence-electron chi connectivity index (χ4n) is 3.97. The Morgan fingerprint density at radius 3 is 2.53 bits per heavy atom. The second-order valence-electron chi connectivity index (χ2n) is 7.68. The summed E-state index contributed by atoms with van der Waals surface area (Å²) < 4.78 is 1.52. The standard InChI is InChI=1S/C22H19N5O4S/c1-14-3-2-8-26-19(14)23-20-17(21(26)28)13-18(32-20)22(29)25-11-9-24(10-12-25)15-4-6-16(7-5-15)27(30)31/h2-8,13H,9-12H2,1H3. The smallest absolute Gasteiger partial charge is 0.269 e. The van der Waals surface area contributed by atoms with Gasteiger partial charge in [-0.25, -0.2) is 4.98 Å². The zero-order chi connectivity index (χ0) is 22.4. The molecule has 0 bridgehead atoms. The van der Waals surface area contributed by atoms with Crippen molar-refractivity contribution in [1.82, 2.24) is 14.3 Å². The Kier molecular flexibility index (Phi) is 4.86. The zero-order valence-electron chi connectivity index (χ0n) is 17.2. The number of carbonyl (C=O) groups is 1. The highest BCUT2D eigenvalue weighted by molar-refractivity contribution is 7.20. The van der Waals surface area contributed by atoms with Crippen LogP contribution in [0.25, 0.3) is 15.9 Å². The minimum Gasteiger partial charge on any atom is -0.368 e. The van der Waals surface area contributed by atoms with E-state index in [0.29, 0.717) is 46.9 Å². The molecule has 0 saturated carbocycles. The molecule has 1 saturated heterocycles. The van der Waals surface area contributed by atoms with E-state index < -0.39 is 4.92 Å². The lowest BCUT2D eigenvalue weighted by molar-refractivity contribution is -0.384. The van der Waals surface area contributed by atoms with Crippen LogP contribution in [0.2, 0.25) is 0 Å². The molecule has 32 heavy (non-hydrogen) atoms. The van der Waals surface area contributed by atoms with E-state index in [-0.39, 0.29) is 17.2 Å². The van der Waals surface area contributed by atoms with Crippen molar-refractivity contribution >= 4 is 44.5 Å². The molecule has 0 spiro atoms. The molecular formula is C22H19N5O4S. The van der Waals surface area contributed by atoms with Gasteiger partial charge in [-0.2, -0.15) is 0 Å². The van der Waals surface area contributed by atoms with Gasteiger partial charge in [0.2, 0.25) is 0 Å². The summed E-state index contributed by atoms with van der Waals surface area (Å²) in [5.41, 5.74) is 2.27. The molecule has 3 aromatic heterocycles. The highest BCUT2D eigenvalue weighted by atomic mass is 32.1. The van der Waals surface area contributed by atoms with Gasteiger partial charge in [-0.3, -0.25) is 24.1 Å². The van der Waals surface area contributed by atoms with E-state index in [1.54, 1.807) is 35.4 Å². The van der Waals surface area contributed by atoms with Crippen molar-refractivity contribution in [1.29, 1.82) is 0 Å². The van der Waals surface area contributed by atoms with Gasteiger partial charge >= 0.3 is 0 Å². The number of hydrogen-bond donors (Lipinski definition) is 0. The van der Waals surface area contributed by atoms with Crippen LogP contribution >= 0.6 is 11.3 Å². The molecule has 1 aliphatic heterocycles. The summed E-state index contributed by atoms with van der Waals surface area (Å²) in [5, 5.41) is 11.3. The van der Waals surface area contributed by atoms with Crippen molar-refractivity contribution in [3.63, 3.8) is 0 Å². The summed E-state index contributed by atoms with van der Waals surface area (Å²) in [4.78, 5) is 46.0. The largest absolute Gasteiger partial charge is 0.368 e. The molecular weight excluding hydrogens is 430 g/mol. The molecule has 10 heteroatoms. The number of anilines is 1. The summed E-state index contributed by atoms with van der Waals surface area (Å²) in [6.07, 6.45) is 1.69. The van der Waals surface area contributed by atoms with E-state index in [1.807, 2.05) is 13.0 Å². The number of nitrogens with zero attached hydrogens (tertiary/aromatic N) is 5. The van der Waals surface area contributed by atoms with Crippen molar-refractivity contribution in [2.75, 3.05) is 31.1 Å². The Bertz CT molecular complexity index is 1420. The lowest BCUT2D eigenvalue weighted by atomic mass is 10.2. The molecule has 1 fully saturated rings. The summed E-state index contributed by atoms with van der Waals surface area (Å²) in [6, 6.07) is 11.8. The van der Waals surface area contributed by atoms with E-state index >= 15 is 0 Å². The van der Waals surface area contributed by atoms with E-state index in [4.69, 9.17) is 0 Å². The molecule has 162 valence electrons. The Balaban J connectivity index is 1.35. The van der Waals surface area contributed by atoms with Crippen LogP contribution in [-0.2, 0) is 0 Å². The molecule has 0 unspecified atom stereocenters. The van der Waals surface area contributed by atoms with Crippen molar-refractivity contribution in [3.05, 3.63) is 79.6 Å². The SMILES string of the molecule is Cc1cccn2c(=O)c3cc(C(=O)N4CCN(c5ccc([N+](=O)[O-])cc5)CC4)sc3nc12. The second kappa shape index (κ2) is 7.72. The Morgan fingerprint density at radius 2 is 1.84 bits per heavy atom. The third-order valence-corrected chi connectivity index (χ3v) is 6.75. The van der Waals surface area contributed by atoms with Gasteiger partial charge in [-0.1, -0.05) is 6.07 Å². The number of nitro groups is 1. The lowest BCUT2D eigenvalue weighted by Gasteiger charge is -2.35. The first-order chi connectivity index (χ1) is 15.4. The van der Waals surface area contributed by atoms with Crippen LogP contribution in [0.3, 0.4) is 0 Å². The third kappa shape index (κ3) is 3.38. The summed E-state index contributed by atoms with van der Waals surface area (Å²) in [5.74, 6) is -0.110. The maximum absolute atomic E-state index is 13.1. The minimum absolute atomic E-state index is 0.0553. The summed E-state index contributed by atoms with van der Waals surface area (Å²) in [6.45, 7) is 4.20. The number of nitro benzene ring substituents is 1. The number of benzene rings is 1. The van der Waals surface area contributed by atoms with E-state index in [2.05, 4.69) is 9.88 Å². The third-order valence-electron chi connectivity index (χ3n) is 5.73. The normalized spacial score (nSPS) is 14.3. The molecule has 5 rings (SSSR count). The van der Waals surface area contributed by atoms with Crippen LogP contribution < -0.4 is 10.5 Å². The van der Waals surface area contributed by atoms with Crippen molar-refractivity contribution in [3.8, 4) is 0 Å². The molecule has 1 amide bonds. The maximum Gasteiger partial charge on any atom is 0.269 e. The summed E-state index contributed by atoms with van der Waals surface area (Å²) in [7, 11) is 0. The van der Waals surface area contributed by atoms with Crippen LogP contribution in [0, 0.1) is 17.0 Å². The molecule has 0 radical (unpaired) electrons. The van der Waals surface area contributed by atoms with Crippen molar-refractivity contribution < 1.29 is 9.72 Å². The average molecular weight is 449 g/mol. The number of non-ortho nitro benzene ring substituents is 1. The zero-order valence-corrected chi connectivity index (χ0v) is 18.0. The van der Waals surface area contributed by atoms with Crippen molar-refractivity contribution in [2.45, 2.75) is 6.92 Å². The fourth-order valence-corrected chi connectivity index (χ4v) is 4.96. The maximum atomic E-state index is 13.1. The highest BCUT2D eigenvalue weighted by Gasteiger charge is 2.25. The topological polar surface area (TPSA) is 101 Å². The number of fused-ring (bicyclic) bond motifs is 2. The number of carbonyl (C=O) groups excluding carboxylic acids is 1. The average Bonchev–Trinajstić information content (AvgIpc) is 3.24. The Labute approximate surface area is 186 Å². The number of aryl methyl sites for hydroxylation is 1. The Hall–Kier alpha value is -3.79. The van der Waals surface area contributed by atoms with Gasteiger partial charge in [0.1, 0.15) is 10.5 Å². The molecule has 0 atom stereocenters. The number of amides is 1. The van der Waals surface area contributed by atoms with Gasteiger partial charge < -0.3 is 9.80 Å². The number of hydrogen-bond acceptors (Lipinski definition) is 7. The highest BCUT2D eigenvalue weighted by Crippen LogP contribution is 2.26. The van der Waals surface area contributed by atoms with Crippen molar-refractivity contribution in [2.24, 2.45) is 0 Å². The number of piperazine rings is 1. The van der Waals surface area contributed by atoms with E-state index in [1.165, 1.54) is 27.9 Å². The van der Waals surface area contributed by atoms with E-state index in [0.717, 1.165) is 11.3 Å². The Morgan fingerprint density at radius 1 is 1.12 bits per heavy atom. The first-order valence-electron chi connectivity index (χ1n) is 10.1. The molecule has 0 aliphatic carbocycles. The first kappa shape index (κ1) is 20.1. The van der Waals surface area contributed by atoms with Gasteiger partial charge in [0, 0.05) is 50.2 Å². The van der Waals surface area contributed by atoms with Crippen LogP contribution in [-0.4, -0.2) is 51.3 Å².